The van der Waals surface area contributed by atoms with Crippen molar-refractivity contribution in [3.8, 4) is 0 Å². The van der Waals surface area contributed by atoms with Crippen molar-refractivity contribution >= 4 is 19.8 Å². The second-order valence-electron chi connectivity index (χ2n) is 19.5. The molecule has 10 heteroatoms. The topological polar surface area (TPSA) is 134 Å². The quantitative estimate of drug-likeness (QED) is 0.0264. The highest BCUT2D eigenvalue weighted by Gasteiger charge is 2.26. The zero-order chi connectivity index (χ0) is 55.2. The van der Waals surface area contributed by atoms with Gasteiger partial charge in [0, 0.05) is 19.4 Å². The molecular formula is C66H110NO8P. The summed E-state index contributed by atoms with van der Waals surface area (Å²) < 4.78 is 33.0. The Morgan fingerprint density at radius 1 is 0.408 bits per heavy atom. The van der Waals surface area contributed by atoms with E-state index in [0.717, 1.165) is 122 Å². The van der Waals surface area contributed by atoms with Gasteiger partial charge in [-0.15, -0.1) is 0 Å². The summed E-state index contributed by atoms with van der Waals surface area (Å²) in [5.74, 6) is -0.853. The van der Waals surface area contributed by atoms with Crippen LogP contribution in [0.25, 0.3) is 0 Å². The molecule has 3 N–H and O–H groups in total. The molecule has 0 radical (unpaired) electrons. The highest BCUT2D eigenvalue weighted by molar-refractivity contribution is 7.47. The molecule has 0 aromatic rings. The lowest BCUT2D eigenvalue weighted by Gasteiger charge is -2.19. The predicted octanol–water partition coefficient (Wildman–Crippen LogP) is 19.3. The minimum atomic E-state index is -4.40. The van der Waals surface area contributed by atoms with Gasteiger partial charge < -0.3 is 20.1 Å². The Hall–Kier alpha value is -3.85. The van der Waals surface area contributed by atoms with E-state index in [2.05, 4.69) is 148 Å². The van der Waals surface area contributed by atoms with Crippen molar-refractivity contribution in [3.05, 3.63) is 134 Å². The SMILES string of the molecule is CC/C=C\C/C=C\C/C=C\C/C=C\C/C=C\C/C=C\C/C=C\C/C=C\C/C=C\C/C=C\C/C=C\CCCCCCCC(=O)OC(COC(=O)CCCCCCCCCCCCCCCCCC)COP(=O)(O)OCCN. The van der Waals surface area contributed by atoms with Gasteiger partial charge in [-0.3, -0.25) is 18.6 Å². The third kappa shape index (κ3) is 59.4. The van der Waals surface area contributed by atoms with E-state index in [4.69, 9.17) is 24.3 Å². The molecule has 0 heterocycles. The third-order valence-corrected chi connectivity index (χ3v) is 13.3. The second kappa shape index (κ2) is 60.4. The van der Waals surface area contributed by atoms with Crippen LogP contribution in [-0.4, -0.2) is 49.3 Å². The Kier molecular flexibility index (Phi) is 57.3. The van der Waals surface area contributed by atoms with E-state index in [1.54, 1.807) is 0 Å². The van der Waals surface area contributed by atoms with E-state index in [-0.39, 0.29) is 38.6 Å². The number of nitrogens with two attached hydrogens (primary N) is 1. The summed E-state index contributed by atoms with van der Waals surface area (Å²) in [7, 11) is -4.40. The number of esters is 2. The molecule has 0 amide bonds. The van der Waals surface area contributed by atoms with Gasteiger partial charge in [-0.05, 0) is 96.3 Å². The van der Waals surface area contributed by atoms with Crippen LogP contribution in [0, 0.1) is 0 Å². The first-order valence-electron chi connectivity index (χ1n) is 30.2. The highest BCUT2D eigenvalue weighted by Crippen LogP contribution is 2.43. The van der Waals surface area contributed by atoms with Crippen molar-refractivity contribution in [3.63, 3.8) is 0 Å². The monoisotopic (exact) mass is 1080 g/mol. The molecule has 0 bridgehead atoms. The summed E-state index contributed by atoms with van der Waals surface area (Å²) in [6, 6.07) is 0. The van der Waals surface area contributed by atoms with Crippen LogP contribution < -0.4 is 5.73 Å². The average molecular weight is 1080 g/mol. The first kappa shape index (κ1) is 72.2. The van der Waals surface area contributed by atoms with Crippen molar-refractivity contribution in [2.24, 2.45) is 5.73 Å². The smallest absolute Gasteiger partial charge is 0.462 e. The molecule has 9 nitrogen and oxygen atoms in total. The molecule has 0 spiro atoms. The fraction of sp³-hybridized carbons (Fsp3) is 0.636. The average Bonchev–Trinajstić information content (AvgIpc) is 3.41. The Bertz CT molecular complexity index is 1700. The van der Waals surface area contributed by atoms with E-state index < -0.39 is 26.5 Å². The number of ether oxygens (including phenoxy) is 2. The van der Waals surface area contributed by atoms with Gasteiger partial charge in [-0.1, -0.05) is 263 Å². The van der Waals surface area contributed by atoms with Gasteiger partial charge in [-0.2, -0.15) is 0 Å². The van der Waals surface area contributed by atoms with Crippen LogP contribution in [0.2, 0.25) is 0 Å². The van der Waals surface area contributed by atoms with Crippen LogP contribution in [0.5, 0.6) is 0 Å². The van der Waals surface area contributed by atoms with Crippen LogP contribution in [-0.2, 0) is 32.7 Å². The molecular weight excluding hydrogens is 966 g/mol. The first-order chi connectivity index (χ1) is 37.3. The lowest BCUT2D eigenvalue weighted by Crippen LogP contribution is -2.29. The lowest BCUT2D eigenvalue weighted by molar-refractivity contribution is -0.161. The van der Waals surface area contributed by atoms with Gasteiger partial charge in [-0.25, -0.2) is 4.57 Å². The van der Waals surface area contributed by atoms with Gasteiger partial charge >= 0.3 is 19.8 Å². The fourth-order valence-corrected chi connectivity index (χ4v) is 8.64. The van der Waals surface area contributed by atoms with Crippen molar-refractivity contribution in [1.29, 1.82) is 0 Å². The number of carbonyl (C=O) groups excluding carboxylic acids is 2. The zero-order valence-corrected chi connectivity index (χ0v) is 49.1. The van der Waals surface area contributed by atoms with E-state index in [1.165, 1.54) is 83.5 Å². The molecule has 76 heavy (non-hydrogen) atoms. The van der Waals surface area contributed by atoms with Crippen LogP contribution >= 0.6 is 7.82 Å². The molecule has 0 saturated carbocycles. The molecule has 432 valence electrons. The van der Waals surface area contributed by atoms with E-state index in [0.29, 0.717) is 6.42 Å². The summed E-state index contributed by atoms with van der Waals surface area (Å²) in [6.07, 6.45) is 85.1. The Labute approximate surface area is 465 Å². The minimum Gasteiger partial charge on any atom is -0.462 e. The molecule has 0 aliphatic heterocycles. The Balaban J connectivity index is 4.04. The molecule has 0 rings (SSSR count). The standard InChI is InChI=1S/C66H110NO8P/c1-3-5-7-9-11-13-15-17-19-21-22-23-24-25-26-27-28-29-30-31-32-33-34-35-36-37-38-39-40-41-42-43-45-47-49-51-53-55-57-59-66(69)75-64(63-74-76(70,71)73-61-60-67)62-72-65(68)58-56-54-52-50-48-46-44-20-18-16-14-12-10-8-6-4-2/h5,7,11,13,17,19,22-23,25-26,28-29,31-32,34-35,37-38,40-41,43,45,64H,3-4,6,8-10,12,14-16,18,20-21,24,27,30,33,36,39,42,44,46-63,67H2,1-2H3,(H,70,71)/b7-5-,13-11-,19-17-,23-22-,26-25-,29-28-,32-31-,35-34-,38-37-,41-40-,45-43-. The van der Waals surface area contributed by atoms with Gasteiger partial charge in [0.1, 0.15) is 6.61 Å². The van der Waals surface area contributed by atoms with Gasteiger partial charge in [0.05, 0.1) is 13.2 Å². The molecule has 0 saturated heterocycles. The molecule has 2 atom stereocenters. The summed E-state index contributed by atoms with van der Waals surface area (Å²) in [6.45, 7) is 3.60. The third-order valence-electron chi connectivity index (χ3n) is 12.3. The molecule has 2 unspecified atom stereocenters. The summed E-state index contributed by atoms with van der Waals surface area (Å²) >= 11 is 0. The number of carbonyl (C=O) groups is 2. The normalized spacial score (nSPS) is 14.0. The van der Waals surface area contributed by atoms with Crippen LogP contribution in [0.15, 0.2) is 134 Å². The Morgan fingerprint density at radius 3 is 1.08 bits per heavy atom. The minimum absolute atomic E-state index is 0.0446. The molecule has 0 aliphatic carbocycles. The van der Waals surface area contributed by atoms with Gasteiger partial charge in [0.15, 0.2) is 6.10 Å². The summed E-state index contributed by atoms with van der Waals surface area (Å²) in [5, 5.41) is 0. The number of phosphoric acid groups is 1. The molecule has 0 aliphatic rings. The largest absolute Gasteiger partial charge is 0.472 e. The number of phosphoric ester groups is 1. The van der Waals surface area contributed by atoms with E-state index in [1.807, 2.05) is 0 Å². The number of hydrogen-bond acceptors (Lipinski definition) is 8. The summed E-state index contributed by atoms with van der Waals surface area (Å²) in [4.78, 5) is 35.1. The molecule has 0 fully saturated rings. The predicted molar refractivity (Wildman–Crippen MR) is 325 cm³/mol. The number of rotatable bonds is 55. The van der Waals surface area contributed by atoms with Gasteiger partial charge in [0.2, 0.25) is 0 Å². The van der Waals surface area contributed by atoms with Crippen LogP contribution in [0.3, 0.4) is 0 Å². The van der Waals surface area contributed by atoms with Crippen LogP contribution in [0.1, 0.15) is 239 Å². The zero-order valence-electron chi connectivity index (χ0n) is 48.2. The lowest BCUT2D eigenvalue weighted by atomic mass is 10.0. The number of allylic oxidation sites excluding steroid dienone is 22. The van der Waals surface area contributed by atoms with Crippen molar-refractivity contribution in [1.82, 2.24) is 0 Å². The van der Waals surface area contributed by atoms with E-state index in [9.17, 15) is 19.0 Å². The fourth-order valence-electron chi connectivity index (χ4n) is 7.88. The maximum absolute atomic E-state index is 12.7. The van der Waals surface area contributed by atoms with Crippen LogP contribution in [0.4, 0.5) is 0 Å². The Morgan fingerprint density at radius 2 is 0.724 bits per heavy atom. The van der Waals surface area contributed by atoms with E-state index >= 15 is 0 Å². The first-order valence-corrected chi connectivity index (χ1v) is 31.7. The maximum Gasteiger partial charge on any atom is 0.472 e. The van der Waals surface area contributed by atoms with Crippen molar-refractivity contribution < 1.29 is 37.6 Å². The van der Waals surface area contributed by atoms with Crippen molar-refractivity contribution in [2.75, 3.05) is 26.4 Å². The van der Waals surface area contributed by atoms with Gasteiger partial charge in [0.25, 0.3) is 0 Å². The molecule has 0 aromatic carbocycles. The summed E-state index contributed by atoms with van der Waals surface area (Å²) in [5.41, 5.74) is 5.38. The maximum atomic E-state index is 12.7. The second-order valence-corrected chi connectivity index (χ2v) is 20.9. The number of unbranched alkanes of at least 4 members (excludes halogenated alkanes) is 20. The number of hydrogen-bond donors (Lipinski definition) is 2. The highest BCUT2D eigenvalue weighted by atomic mass is 31.2. The van der Waals surface area contributed by atoms with Crippen molar-refractivity contribution in [2.45, 2.75) is 245 Å². The molecule has 0 aromatic heterocycles.